The summed E-state index contributed by atoms with van der Waals surface area (Å²) >= 11 is 0. The number of sulfonamides is 1. The van der Waals surface area contributed by atoms with Crippen molar-refractivity contribution in [3.8, 4) is 0 Å². The molecule has 20 heavy (non-hydrogen) atoms. The molecule has 5 nitrogen and oxygen atoms in total. The largest absolute Gasteiger partial charge is 0.309 e. The fourth-order valence-electron chi connectivity index (χ4n) is 2.49. The molecule has 0 aliphatic carbocycles. The van der Waals surface area contributed by atoms with Gasteiger partial charge in [0.2, 0.25) is 10.0 Å². The van der Waals surface area contributed by atoms with Gasteiger partial charge >= 0.3 is 0 Å². The van der Waals surface area contributed by atoms with Crippen molar-refractivity contribution in [3.63, 3.8) is 0 Å². The molecule has 0 aliphatic heterocycles. The minimum atomic E-state index is -3.16. The molecule has 0 amide bonds. The first kappa shape index (κ1) is 17.1. The Bertz CT molecular complexity index is 533. The molecule has 0 saturated carbocycles. The molecule has 1 atom stereocenters. The fraction of sp³-hybridized carbons (Fsp3) is 0.643. The van der Waals surface area contributed by atoms with Crippen molar-refractivity contribution >= 4 is 10.0 Å². The maximum Gasteiger partial charge on any atom is 0.212 e. The SMILES string of the molecule is CCNS(=O)(=O)CCNC(C)c1c(C)cc(C)nc1C. The predicted molar refractivity (Wildman–Crippen MR) is 82.3 cm³/mol. The zero-order valence-corrected chi connectivity index (χ0v) is 13.8. The molecule has 0 aliphatic rings. The van der Waals surface area contributed by atoms with Crippen LogP contribution in [0, 0.1) is 20.8 Å². The number of aryl methyl sites for hydroxylation is 3. The van der Waals surface area contributed by atoms with Crippen molar-refractivity contribution in [2.75, 3.05) is 18.8 Å². The quantitative estimate of drug-likeness (QED) is 0.802. The highest BCUT2D eigenvalue weighted by Crippen LogP contribution is 2.20. The lowest BCUT2D eigenvalue weighted by Gasteiger charge is -2.19. The summed E-state index contributed by atoms with van der Waals surface area (Å²) in [5.74, 6) is 0.0859. The van der Waals surface area contributed by atoms with Crippen LogP contribution in [0.2, 0.25) is 0 Å². The van der Waals surface area contributed by atoms with E-state index in [-0.39, 0.29) is 11.8 Å². The van der Waals surface area contributed by atoms with Gasteiger partial charge in [-0.15, -0.1) is 0 Å². The minimum Gasteiger partial charge on any atom is -0.309 e. The monoisotopic (exact) mass is 299 g/mol. The van der Waals surface area contributed by atoms with Gasteiger partial charge in [-0.05, 0) is 44.9 Å². The van der Waals surface area contributed by atoms with Crippen LogP contribution >= 0.6 is 0 Å². The Morgan fingerprint density at radius 2 is 1.95 bits per heavy atom. The van der Waals surface area contributed by atoms with Crippen molar-refractivity contribution in [3.05, 3.63) is 28.6 Å². The Hall–Kier alpha value is -0.980. The third-order valence-corrected chi connectivity index (χ3v) is 4.67. The normalized spacial score (nSPS) is 13.4. The smallest absolute Gasteiger partial charge is 0.212 e. The molecule has 0 radical (unpaired) electrons. The van der Waals surface area contributed by atoms with E-state index in [1.165, 1.54) is 5.56 Å². The Morgan fingerprint density at radius 1 is 1.30 bits per heavy atom. The summed E-state index contributed by atoms with van der Waals surface area (Å²) in [6.07, 6.45) is 0. The highest BCUT2D eigenvalue weighted by molar-refractivity contribution is 7.89. The first-order valence-corrected chi connectivity index (χ1v) is 8.57. The molecule has 0 spiro atoms. The van der Waals surface area contributed by atoms with E-state index in [0.29, 0.717) is 13.1 Å². The maximum absolute atomic E-state index is 11.6. The molecule has 0 aromatic carbocycles. The van der Waals surface area contributed by atoms with E-state index in [2.05, 4.69) is 28.0 Å². The molecule has 1 aromatic rings. The molecule has 114 valence electrons. The van der Waals surface area contributed by atoms with Crippen LogP contribution in [-0.2, 0) is 10.0 Å². The van der Waals surface area contributed by atoms with E-state index in [1.807, 2.05) is 20.8 Å². The number of aromatic nitrogens is 1. The topological polar surface area (TPSA) is 71.1 Å². The van der Waals surface area contributed by atoms with Crippen LogP contribution in [0.3, 0.4) is 0 Å². The number of nitrogens with zero attached hydrogens (tertiary/aromatic N) is 1. The molecule has 0 saturated heterocycles. The van der Waals surface area contributed by atoms with Gasteiger partial charge in [0, 0.05) is 30.5 Å². The molecule has 6 heteroatoms. The molecular formula is C14H25N3O2S. The Kier molecular flexibility index (Phi) is 6.10. The van der Waals surface area contributed by atoms with E-state index in [0.717, 1.165) is 17.0 Å². The Morgan fingerprint density at radius 3 is 2.50 bits per heavy atom. The van der Waals surface area contributed by atoms with Crippen LogP contribution < -0.4 is 10.0 Å². The van der Waals surface area contributed by atoms with Gasteiger partial charge in [0.25, 0.3) is 0 Å². The van der Waals surface area contributed by atoms with Gasteiger partial charge in [0.15, 0.2) is 0 Å². The van der Waals surface area contributed by atoms with Crippen molar-refractivity contribution in [1.29, 1.82) is 0 Å². The number of hydrogen-bond donors (Lipinski definition) is 2. The van der Waals surface area contributed by atoms with Gasteiger partial charge in [-0.1, -0.05) is 6.92 Å². The molecule has 1 rings (SSSR count). The van der Waals surface area contributed by atoms with Gasteiger partial charge in [-0.25, -0.2) is 13.1 Å². The molecule has 1 aromatic heterocycles. The Balaban J connectivity index is 2.67. The van der Waals surface area contributed by atoms with Gasteiger partial charge in [0.05, 0.1) is 5.75 Å². The first-order valence-electron chi connectivity index (χ1n) is 6.92. The summed E-state index contributed by atoms with van der Waals surface area (Å²) in [5.41, 5.74) is 4.34. The van der Waals surface area contributed by atoms with Crippen molar-refractivity contribution < 1.29 is 8.42 Å². The number of rotatable bonds is 7. The van der Waals surface area contributed by atoms with Gasteiger partial charge in [0.1, 0.15) is 0 Å². The van der Waals surface area contributed by atoms with E-state index in [9.17, 15) is 8.42 Å². The van der Waals surface area contributed by atoms with Gasteiger partial charge in [-0.2, -0.15) is 0 Å². The number of nitrogens with one attached hydrogen (secondary N) is 2. The maximum atomic E-state index is 11.6. The van der Waals surface area contributed by atoms with E-state index in [1.54, 1.807) is 6.92 Å². The van der Waals surface area contributed by atoms with Gasteiger partial charge in [-0.3, -0.25) is 4.98 Å². The minimum absolute atomic E-state index is 0.0833. The molecule has 1 heterocycles. The highest BCUT2D eigenvalue weighted by atomic mass is 32.2. The zero-order chi connectivity index (χ0) is 15.3. The van der Waals surface area contributed by atoms with Crippen LogP contribution in [0.25, 0.3) is 0 Å². The summed E-state index contributed by atoms with van der Waals surface area (Å²) in [4.78, 5) is 4.47. The van der Waals surface area contributed by atoms with Crippen LogP contribution in [0.1, 0.15) is 42.4 Å². The van der Waals surface area contributed by atoms with Crippen molar-refractivity contribution in [2.45, 2.75) is 40.7 Å². The third-order valence-electron chi connectivity index (χ3n) is 3.20. The van der Waals surface area contributed by atoms with Crippen LogP contribution in [0.5, 0.6) is 0 Å². The lowest BCUT2D eigenvalue weighted by molar-refractivity contribution is 0.561. The average Bonchev–Trinajstić information content (AvgIpc) is 2.26. The Labute approximate surface area is 122 Å². The van der Waals surface area contributed by atoms with Crippen molar-refractivity contribution in [2.24, 2.45) is 0 Å². The lowest BCUT2D eigenvalue weighted by atomic mass is 10.0. The molecule has 0 bridgehead atoms. The van der Waals surface area contributed by atoms with Crippen LogP contribution in [0.15, 0.2) is 6.07 Å². The predicted octanol–water partition coefficient (Wildman–Crippen LogP) is 1.60. The van der Waals surface area contributed by atoms with Crippen LogP contribution in [0.4, 0.5) is 0 Å². The van der Waals surface area contributed by atoms with Crippen LogP contribution in [-0.4, -0.2) is 32.2 Å². The highest BCUT2D eigenvalue weighted by Gasteiger charge is 2.14. The lowest BCUT2D eigenvalue weighted by Crippen LogP contribution is -2.33. The standard InChI is InChI=1S/C14H25N3O2S/c1-6-16-20(18,19)8-7-15-12(4)14-10(2)9-11(3)17-13(14)5/h9,12,15-16H,6-8H2,1-5H3. The van der Waals surface area contributed by atoms with Crippen molar-refractivity contribution in [1.82, 2.24) is 15.0 Å². The summed E-state index contributed by atoms with van der Waals surface area (Å²) in [7, 11) is -3.16. The molecule has 0 fully saturated rings. The second kappa shape index (κ2) is 7.15. The second-order valence-electron chi connectivity index (χ2n) is 5.07. The molecule has 1 unspecified atom stereocenters. The van der Waals surface area contributed by atoms with Gasteiger partial charge < -0.3 is 5.32 Å². The summed E-state index contributed by atoms with van der Waals surface area (Å²) in [6, 6.07) is 2.13. The number of pyridine rings is 1. The summed E-state index contributed by atoms with van der Waals surface area (Å²) < 4.78 is 25.6. The zero-order valence-electron chi connectivity index (χ0n) is 12.9. The average molecular weight is 299 g/mol. The second-order valence-corrected chi connectivity index (χ2v) is 7.00. The molecule has 2 N–H and O–H groups in total. The third kappa shape index (κ3) is 4.85. The summed E-state index contributed by atoms with van der Waals surface area (Å²) in [6.45, 7) is 10.7. The molecular weight excluding hydrogens is 274 g/mol. The fourth-order valence-corrected chi connectivity index (χ4v) is 3.46. The summed E-state index contributed by atoms with van der Waals surface area (Å²) in [5, 5.41) is 3.26. The number of hydrogen-bond acceptors (Lipinski definition) is 4. The van der Waals surface area contributed by atoms with E-state index >= 15 is 0 Å². The van der Waals surface area contributed by atoms with E-state index in [4.69, 9.17) is 0 Å². The first-order chi connectivity index (χ1) is 9.26. The van der Waals surface area contributed by atoms with E-state index < -0.39 is 10.0 Å².